The number of nitrogens with two attached hydrogens (primary N) is 2. The van der Waals surface area contributed by atoms with Crippen LogP contribution in [0.4, 0.5) is 5.82 Å². The largest absolute Gasteiger partial charge is 0.496 e. The Balaban J connectivity index is 2.17. The van der Waals surface area contributed by atoms with Crippen molar-refractivity contribution in [2.24, 2.45) is 11.5 Å². The Morgan fingerprint density at radius 2 is 2.10 bits per heavy atom. The van der Waals surface area contributed by atoms with Crippen LogP contribution in [0.5, 0.6) is 5.75 Å². The maximum Gasteiger partial charge on any atom is 0.131 e. The fraction of sp³-hybridized carbons (Fsp3) is 0.333. The van der Waals surface area contributed by atoms with E-state index < -0.39 is 0 Å². The standard InChI is InChI=1S/C15H21N5O/c1-21-13-6-3-2-5-11(13)12-9-15(19-10-18-12)20-14(17)7-4-8-16/h2-3,5-6,9-10,14H,4,7-8,16-17H2,1H3,(H,18,19,20). The summed E-state index contributed by atoms with van der Waals surface area (Å²) in [5, 5.41) is 3.15. The van der Waals surface area contributed by atoms with Crippen LogP contribution in [0.15, 0.2) is 36.7 Å². The fourth-order valence-electron chi connectivity index (χ4n) is 2.04. The second-order valence-electron chi connectivity index (χ2n) is 4.67. The van der Waals surface area contributed by atoms with Gasteiger partial charge in [-0.3, -0.25) is 0 Å². The number of para-hydroxylation sites is 1. The zero-order valence-corrected chi connectivity index (χ0v) is 12.1. The number of ether oxygens (including phenoxy) is 1. The third-order valence-electron chi connectivity index (χ3n) is 3.10. The summed E-state index contributed by atoms with van der Waals surface area (Å²) >= 11 is 0. The van der Waals surface area contributed by atoms with E-state index in [0.29, 0.717) is 12.4 Å². The highest BCUT2D eigenvalue weighted by atomic mass is 16.5. The molecule has 0 saturated carbocycles. The second-order valence-corrected chi connectivity index (χ2v) is 4.67. The molecule has 0 aliphatic rings. The van der Waals surface area contributed by atoms with Gasteiger partial charge < -0.3 is 21.5 Å². The molecule has 1 atom stereocenters. The van der Waals surface area contributed by atoms with Gasteiger partial charge in [0, 0.05) is 11.6 Å². The number of methoxy groups -OCH3 is 1. The predicted molar refractivity (Wildman–Crippen MR) is 83.9 cm³/mol. The number of hydrogen-bond acceptors (Lipinski definition) is 6. The summed E-state index contributed by atoms with van der Waals surface area (Å²) < 4.78 is 5.35. The van der Waals surface area contributed by atoms with Gasteiger partial charge in [0.1, 0.15) is 17.9 Å². The van der Waals surface area contributed by atoms with Crippen LogP contribution in [-0.4, -0.2) is 29.8 Å². The van der Waals surface area contributed by atoms with E-state index in [9.17, 15) is 0 Å². The van der Waals surface area contributed by atoms with Crippen molar-refractivity contribution in [3.05, 3.63) is 36.7 Å². The average molecular weight is 287 g/mol. The molecular weight excluding hydrogens is 266 g/mol. The number of benzene rings is 1. The minimum absolute atomic E-state index is 0.172. The Morgan fingerprint density at radius 1 is 1.29 bits per heavy atom. The van der Waals surface area contributed by atoms with E-state index in [1.807, 2.05) is 30.3 Å². The monoisotopic (exact) mass is 287 g/mol. The minimum atomic E-state index is -0.172. The Labute approximate surface area is 124 Å². The van der Waals surface area contributed by atoms with Crippen LogP contribution in [-0.2, 0) is 0 Å². The van der Waals surface area contributed by atoms with Crippen LogP contribution in [0.2, 0.25) is 0 Å². The lowest BCUT2D eigenvalue weighted by Crippen LogP contribution is -2.30. The molecule has 0 saturated heterocycles. The van der Waals surface area contributed by atoms with Gasteiger partial charge in [0.05, 0.1) is 19.0 Å². The molecular formula is C15H21N5O. The SMILES string of the molecule is COc1ccccc1-c1cc(NC(N)CCCN)ncn1. The predicted octanol–water partition coefficient (Wildman–Crippen LogP) is 1.59. The third-order valence-corrected chi connectivity index (χ3v) is 3.10. The van der Waals surface area contributed by atoms with Gasteiger partial charge in [-0.2, -0.15) is 0 Å². The van der Waals surface area contributed by atoms with Crippen molar-refractivity contribution in [1.29, 1.82) is 0 Å². The molecule has 112 valence electrons. The number of rotatable bonds is 7. The molecule has 0 radical (unpaired) electrons. The molecule has 0 aliphatic carbocycles. The van der Waals surface area contributed by atoms with Crippen LogP contribution < -0.4 is 21.5 Å². The molecule has 1 unspecified atom stereocenters. The fourth-order valence-corrected chi connectivity index (χ4v) is 2.04. The van der Waals surface area contributed by atoms with E-state index in [1.165, 1.54) is 6.33 Å². The van der Waals surface area contributed by atoms with Crippen molar-refractivity contribution >= 4 is 5.82 Å². The summed E-state index contributed by atoms with van der Waals surface area (Å²) in [6.07, 6.45) is 3.01. The van der Waals surface area contributed by atoms with Crippen molar-refractivity contribution in [1.82, 2.24) is 9.97 Å². The molecule has 1 heterocycles. The summed E-state index contributed by atoms with van der Waals surface area (Å²) in [7, 11) is 1.64. The van der Waals surface area contributed by atoms with Gasteiger partial charge in [-0.25, -0.2) is 9.97 Å². The lowest BCUT2D eigenvalue weighted by molar-refractivity contribution is 0.416. The first-order valence-corrected chi connectivity index (χ1v) is 6.92. The Bertz CT molecular complexity index is 575. The number of nitrogens with one attached hydrogen (secondary N) is 1. The van der Waals surface area contributed by atoms with E-state index in [2.05, 4.69) is 15.3 Å². The first-order chi connectivity index (χ1) is 10.2. The Morgan fingerprint density at radius 3 is 2.86 bits per heavy atom. The molecule has 0 aliphatic heterocycles. The Kier molecular flexibility index (Phi) is 5.48. The van der Waals surface area contributed by atoms with Crippen molar-refractivity contribution in [2.75, 3.05) is 19.0 Å². The lowest BCUT2D eigenvalue weighted by atomic mass is 10.1. The van der Waals surface area contributed by atoms with Crippen molar-refractivity contribution in [3.63, 3.8) is 0 Å². The van der Waals surface area contributed by atoms with E-state index in [1.54, 1.807) is 7.11 Å². The molecule has 1 aromatic carbocycles. The van der Waals surface area contributed by atoms with Gasteiger partial charge in [0.15, 0.2) is 0 Å². The maximum atomic E-state index is 5.98. The highest BCUT2D eigenvalue weighted by Crippen LogP contribution is 2.28. The number of hydrogen-bond donors (Lipinski definition) is 3. The first-order valence-electron chi connectivity index (χ1n) is 6.92. The molecule has 0 bridgehead atoms. The summed E-state index contributed by atoms with van der Waals surface area (Å²) in [6, 6.07) is 9.59. The molecule has 2 rings (SSSR count). The highest BCUT2D eigenvalue weighted by Gasteiger charge is 2.09. The number of nitrogens with zero attached hydrogens (tertiary/aromatic N) is 2. The summed E-state index contributed by atoms with van der Waals surface area (Å²) in [5.41, 5.74) is 13.2. The average Bonchev–Trinajstić information content (AvgIpc) is 2.53. The van der Waals surface area contributed by atoms with Gasteiger partial charge >= 0.3 is 0 Å². The number of aromatic nitrogens is 2. The van der Waals surface area contributed by atoms with Crippen molar-refractivity contribution < 1.29 is 4.74 Å². The molecule has 2 aromatic rings. The summed E-state index contributed by atoms with van der Waals surface area (Å²) in [4.78, 5) is 8.49. The molecule has 21 heavy (non-hydrogen) atoms. The molecule has 0 amide bonds. The topological polar surface area (TPSA) is 99.1 Å². The molecule has 5 N–H and O–H groups in total. The van der Waals surface area contributed by atoms with Crippen molar-refractivity contribution in [2.45, 2.75) is 19.0 Å². The molecule has 0 fully saturated rings. The first kappa shape index (κ1) is 15.2. The Hall–Kier alpha value is -2.18. The van der Waals surface area contributed by atoms with E-state index in [0.717, 1.165) is 29.8 Å². The molecule has 6 nitrogen and oxygen atoms in total. The number of anilines is 1. The zero-order chi connectivity index (χ0) is 15.1. The second kappa shape index (κ2) is 7.56. The lowest BCUT2D eigenvalue weighted by Gasteiger charge is -2.14. The quantitative estimate of drug-likeness (QED) is 0.669. The maximum absolute atomic E-state index is 5.98. The van der Waals surface area contributed by atoms with Gasteiger partial charge in [-0.1, -0.05) is 12.1 Å². The normalized spacial score (nSPS) is 12.0. The zero-order valence-electron chi connectivity index (χ0n) is 12.1. The van der Waals surface area contributed by atoms with Crippen LogP contribution in [0.25, 0.3) is 11.3 Å². The third kappa shape index (κ3) is 4.14. The van der Waals surface area contributed by atoms with Crippen LogP contribution in [0, 0.1) is 0 Å². The van der Waals surface area contributed by atoms with Crippen LogP contribution >= 0.6 is 0 Å². The van der Waals surface area contributed by atoms with E-state index in [4.69, 9.17) is 16.2 Å². The summed E-state index contributed by atoms with van der Waals surface area (Å²) in [5.74, 6) is 1.46. The van der Waals surface area contributed by atoms with Crippen LogP contribution in [0.1, 0.15) is 12.8 Å². The van der Waals surface area contributed by atoms with Gasteiger partial charge in [0.25, 0.3) is 0 Å². The van der Waals surface area contributed by atoms with Crippen molar-refractivity contribution in [3.8, 4) is 17.0 Å². The highest BCUT2D eigenvalue weighted by molar-refractivity contribution is 5.68. The smallest absolute Gasteiger partial charge is 0.131 e. The van der Waals surface area contributed by atoms with Gasteiger partial charge in [-0.15, -0.1) is 0 Å². The van der Waals surface area contributed by atoms with Gasteiger partial charge in [-0.05, 0) is 31.5 Å². The molecule has 1 aromatic heterocycles. The van der Waals surface area contributed by atoms with Crippen LogP contribution in [0.3, 0.4) is 0 Å². The van der Waals surface area contributed by atoms with Gasteiger partial charge in [0.2, 0.25) is 0 Å². The molecule has 6 heteroatoms. The summed E-state index contributed by atoms with van der Waals surface area (Å²) in [6.45, 7) is 0.631. The van der Waals surface area contributed by atoms with E-state index in [-0.39, 0.29) is 6.17 Å². The van der Waals surface area contributed by atoms with E-state index >= 15 is 0 Å². The molecule has 0 spiro atoms. The minimum Gasteiger partial charge on any atom is -0.496 e.